The predicted octanol–water partition coefficient (Wildman–Crippen LogP) is 3.15. The summed E-state index contributed by atoms with van der Waals surface area (Å²) >= 11 is 0. The number of hydrazine groups is 1. The number of hydrogen-bond acceptors (Lipinski definition) is 4. The molecule has 4 rings (SSSR count). The Hall–Kier alpha value is -3.87. The Labute approximate surface area is 173 Å². The molecule has 0 saturated carbocycles. The van der Waals surface area contributed by atoms with Crippen LogP contribution in [0.25, 0.3) is 17.0 Å². The molecule has 1 fully saturated rings. The largest absolute Gasteiger partial charge is 0.467 e. The van der Waals surface area contributed by atoms with E-state index in [-0.39, 0.29) is 11.5 Å². The van der Waals surface area contributed by atoms with E-state index in [2.05, 4.69) is 5.43 Å². The van der Waals surface area contributed by atoms with Gasteiger partial charge in [-0.3, -0.25) is 15.0 Å². The highest BCUT2D eigenvalue weighted by atomic mass is 16.5. The van der Waals surface area contributed by atoms with Gasteiger partial charge in [0.1, 0.15) is 11.6 Å². The van der Waals surface area contributed by atoms with E-state index in [4.69, 9.17) is 4.74 Å². The number of carbonyl (C=O) groups excluding carboxylic acids is 3. The second kappa shape index (κ2) is 7.51. The van der Waals surface area contributed by atoms with Crippen molar-refractivity contribution in [1.29, 1.82) is 0 Å². The molecule has 1 aliphatic heterocycles. The van der Waals surface area contributed by atoms with Crippen molar-refractivity contribution in [2.75, 3.05) is 12.1 Å². The zero-order chi connectivity index (χ0) is 21.4. The molecule has 0 radical (unpaired) electrons. The number of hydrogen-bond donors (Lipinski definition) is 1. The van der Waals surface area contributed by atoms with Gasteiger partial charge in [0, 0.05) is 22.2 Å². The molecule has 152 valence electrons. The monoisotopic (exact) mass is 403 g/mol. The van der Waals surface area contributed by atoms with Gasteiger partial charge in [0.2, 0.25) is 0 Å². The molecule has 2 heterocycles. The lowest BCUT2D eigenvalue weighted by Crippen LogP contribution is -2.35. The summed E-state index contributed by atoms with van der Waals surface area (Å²) in [7, 11) is 1.35. The highest BCUT2D eigenvalue weighted by Crippen LogP contribution is 2.32. The summed E-state index contributed by atoms with van der Waals surface area (Å²) < 4.78 is 6.77. The van der Waals surface area contributed by atoms with Crippen molar-refractivity contribution in [2.45, 2.75) is 19.9 Å². The maximum absolute atomic E-state index is 13.0. The van der Waals surface area contributed by atoms with E-state index in [0.717, 1.165) is 22.2 Å². The van der Waals surface area contributed by atoms with E-state index in [1.165, 1.54) is 12.1 Å². The minimum absolute atomic E-state index is 0.0376. The fourth-order valence-electron chi connectivity index (χ4n) is 3.83. The summed E-state index contributed by atoms with van der Waals surface area (Å²) in [4.78, 5) is 37.7. The second-order valence-corrected chi connectivity index (χ2v) is 7.06. The molecule has 0 spiro atoms. The molecule has 7 heteroatoms. The Morgan fingerprint density at radius 3 is 2.43 bits per heavy atom. The van der Waals surface area contributed by atoms with Gasteiger partial charge in [-0.05, 0) is 38.1 Å². The first-order chi connectivity index (χ1) is 14.4. The summed E-state index contributed by atoms with van der Waals surface area (Å²) in [5.74, 6) is -1.27. The molecule has 1 aliphatic rings. The lowest BCUT2D eigenvalue weighted by atomic mass is 10.1. The summed E-state index contributed by atoms with van der Waals surface area (Å²) in [6.45, 7) is 3.62. The molecule has 1 N–H and O–H groups in total. The summed E-state index contributed by atoms with van der Waals surface area (Å²) in [5.41, 5.74) is 5.54. The number of rotatable bonds is 4. The van der Waals surface area contributed by atoms with Crippen LogP contribution < -0.4 is 10.4 Å². The number of anilines is 1. The lowest BCUT2D eigenvalue weighted by molar-refractivity contribution is -0.144. The molecular weight excluding hydrogens is 382 g/mol. The fourth-order valence-corrected chi connectivity index (χ4v) is 3.83. The number of para-hydroxylation sites is 2. The smallest absolute Gasteiger partial charge is 0.328 e. The van der Waals surface area contributed by atoms with Crippen LogP contribution in [-0.2, 0) is 19.1 Å². The maximum Gasteiger partial charge on any atom is 0.328 e. The minimum atomic E-state index is -0.555. The minimum Gasteiger partial charge on any atom is -0.467 e. The van der Waals surface area contributed by atoms with Gasteiger partial charge in [-0.1, -0.05) is 36.4 Å². The van der Waals surface area contributed by atoms with Gasteiger partial charge in [0.05, 0.1) is 12.8 Å². The first kappa shape index (κ1) is 19.4. The van der Waals surface area contributed by atoms with Crippen LogP contribution in [0.1, 0.15) is 24.2 Å². The van der Waals surface area contributed by atoms with Crippen LogP contribution in [0.2, 0.25) is 0 Å². The Balaban J connectivity index is 1.84. The van der Waals surface area contributed by atoms with E-state index in [1.807, 2.05) is 41.8 Å². The number of fused-ring (bicyclic) bond motifs is 1. The highest BCUT2D eigenvalue weighted by molar-refractivity contribution is 6.32. The number of nitrogens with one attached hydrogen (secondary N) is 1. The molecule has 2 amide bonds. The van der Waals surface area contributed by atoms with Crippen LogP contribution in [0.4, 0.5) is 5.69 Å². The summed E-state index contributed by atoms with van der Waals surface area (Å²) in [6, 6.07) is 15.9. The Morgan fingerprint density at radius 2 is 1.73 bits per heavy atom. The molecular formula is C23H21N3O4. The van der Waals surface area contributed by atoms with Crippen molar-refractivity contribution < 1.29 is 19.1 Å². The Morgan fingerprint density at radius 1 is 1.07 bits per heavy atom. The molecule has 1 atom stereocenters. The van der Waals surface area contributed by atoms with E-state index in [0.29, 0.717) is 5.69 Å². The summed E-state index contributed by atoms with van der Waals surface area (Å²) in [6.07, 6.45) is 1.60. The second-order valence-electron chi connectivity index (χ2n) is 7.06. The van der Waals surface area contributed by atoms with Crippen LogP contribution in [0.3, 0.4) is 0 Å². The third kappa shape index (κ3) is 3.04. The maximum atomic E-state index is 13.0. The molecule has 7 nitrogen and oxygen atoms in total. The number of ether oxygens (including phenoxy) is 1. The SMILES string of the molecule is COC(=O)C(C)n1c(C)c(C=C2C(=O)NN(c3ccccc3)C2=O)c2ccccc21. The topological polar surface area (TPSA) is 80.6 Å². The average molecular weight is 403 g/mol. The highest BCUT2D eigenvalue weighted by Gasteiger charge is 2.35. The molecule has 30 heavy (non-hydrogen) atoms. The number of carbonyl (C=O) groups is 3. The molecule has 1 unspecified atom stereocenters. The molecule has 2 aromatic carbocycles. The Bertz CT molecular complexity index is 1190. The molecule has 1 saturated heterocycles. The quantitative estimate of drug-likeness (QED) is 0.412. The van der Waals surface area contributed by atoms with Crippen molar-refractivity contribution in [2.24, 2.45) is 0 Å². The molecule has 0 bridgehead atoms. The fraction of sp³-hybridized carbons (Fsp3) is 0.174. The zero-order valence-corrected chi connectivity index (χ0v) is 16.9. The van der Waals surface area contributed by atoms with Gasteiger partial charge in [-0.25, -0.2) is 9.80 Å². The number of amides is 2. The van der Waals surface area contributed by atoms with Crippen molar-refractivity contribution in [3.05, 3.63) is 71.4 Å². The van der Waals surface area contributed by atoms with E-state index in [1.54, 1.807) is 37.3 Å². The number of nitrogens with zero attached hydrogens (tertiary/aromatic N) is 2. The average Bonchev–Trinajstić information content (AvgIpc) is 3.21. The molecule has 3 aromatic rings. The number of esters is 1. The van der Waals surface area contributed by atoms with Gasteiger partial charge in [-0.2, -0.15) is 0 Å². The van der Waals surface area contributed by atoms with Gasteiger partial charge < -0.3 is 9.30 Å². The number of methoxy groups -OCH3 is 1. The number of benzene rings is 2. The third-order valence-electron chi connectivity index (χ3n) is 5.33. The van der Waals surface area contributed by atoms with Crippen LogP contribution in [0.5, 0.6) is 0 Å². The molecule has 0 aliphatic carbocycles. The zero-order valence-electron chi connectivity index (χ0n) is 16.9. The third-order valence-corrected chi connectivity index (χ3v) is 5.33. The van der Waals surface area contributed by atoms with Crippen molar-refractivity contribution in [3.63, 3.8) is 0 Å². The van der Waals surface area contributed by atoms with Crippen molar-refractivity contribution in [1.82, 2.24) is 9.99 Å². The predicted molar refractivity (Wildman–Crippen MR) is 113 cm³/mol. The van der Waals surface area contributed by atoms with Gasteiger partial charge in [-0.15, -0.1) is 0 Å². The first-order valence-electron chi connectivity index (χ1n) is 9.53. The normalized spacial score (nSPS) is 16.2. The van der Waals surface area contributed by atoms with Crippen molar-refractivity contribution >= 4 is 40.4 Å². The first-order valence-corrected chi connectivity index (χ1v) is 9.53. The standard InChI is InChI=1S/C23H21N3O4/c1-14-18(17-11-7-8-12-20(17)25(14)15(2)23(29)30-3)13-19-21(27)24-26(22(19)28)16-9-5-4-6-10-16/h4-13,15H,1-3H3,(H,24,27). The van der Waals surface area contributed by atoms with Gasteiger partial charge in [0.25, 0.3) is 11.8 Å². The van der Waals surface area contributed by atoms with E-state index in [9.17, 15) is 14.4 Å². The lowest BCUT2D eigenvalue weighted by Gasteiger charge is -2.15. The van der Waals surface area contributed by atoms with Gasteiger partial charge in [0.15, 0.2) is 0 Å². The van der Waals surface area contributed by atoms with Crippen LogP contribution >= 0.6 is 0 Å². The van der Waals surface area contributed by atoms with E-state index >= 15 is 0 Å². The van der Waals surface area contributed by atoms with E-state index < -0.39 is 17.9 Å². The molecule has 1 aromatic heterocycles. The van der Waals surface area contributed by atoms with Crippen LogP contribution in [-0.4, -0.2) is 29.5 Å². The summed E-state index contributed by atoms with van der Waals surface area (Å²) in [5, 5.41) is 2.08. The van der Waals surface area contributed by atoms with Crippen LogP contribution in [0, 0.1) is 6.92 Å². The Kier molecular flexibility index (Phi) is 4.87. The van der Waals surface area contributed by atoms with Crippen LogP contribution in [0.15, 0.2) is 60.2 Å². The van der Waals surface area contributed by atoms with Crippen molar-refractivity contribution in [3.8, 4) is 0 Å². The number of aromatic nitrogens is 1. The van der Waals surface area contributed by atoms with Gasteiger partial charge >= 0.3 is 5.97 Å².